The number of hydrogen-bond donors (Lipinski definition) is 1. The van der Waals surface area contributed by atoms with Gasteiger partial charge in [-0.25, -0.2) is 4.39 Å². The van der Waals surface area contributed by atoms with Crippen LogP contribution in [0, 0.1) is 5.82 Å². The van der Waals surface area contributed by atoms with Gasteiger partial charge in [0.05, 0.1) is 17.5 Å². The van der Waals surface area contributed by atoms with Crippen molar-refractivity contribution in [2.75, 3.05) is 22.6 Å². The van der Waals surface area contributed by atoms with E-state index < -0.39 is 5.82 Å². The molecule has 8 nitrogen and oxygen atoms in total. The number of rotatable bonds is 6. The minimum atomic E-state index is -0.420. The van der Waals surface area contributed by atoms with E-state index in [1.54, 1.807) is 22.6 Å². The van der Waals surface area contributed by atoms with E-state index in [1.165, 1.54) is 30.0 Å². The molecule has 160 valence electrons. The number of anilines is 2. The maximum Gasteiger partial charge on any atom is 0.265 e. The zero-order valence-electron chi connectivity index (χ0n) is 16.9. The summed E-state index contributed by atoms with van der Waals surface area (Å²) in [5.74, 6) is 0.425. The van der Waals surface area contributed by atoms with E-state index in [-0.39, 0.29) is 30.2 Å². The summed E-state index contributed by atoms with van der Waals surface area (Å²) in [5, 5.41) is 11.6. The van der Waals surface area contributed by atoms with Gasteiger partial charge in [0.2, 0.25) is 5.91 Å². The Balaban J connectivity index is 1.46. The van der Waals surface area contributed by atoms with Gasteiger partial charge in [-0.3, -0.25) is 14.5 Å². The Hall–Kier alpha value is -3.40. The molecule has 0 bridgehead atoms. The molecule has 1 unspecified atom stereocenters. The Labute approximate surface area is 182 Å². The second kappa shape index (κ2) is 8.76. The minimum absolute atomic E-state index is 0.0406. The molecule has 3 aromatic rings. The van der Waals surface area contributed by atoms with Crippen molar-refractivity contribution in [3.63, 3.8) is 0 Å². The summed E-state index contributed by atoms with van der Waals surface area (Å²) in [6.45, 7) is 1.83. The molecule has 1 atom stereocenters. The summed E-state index contributed by atoms with van der Waals surface area (Å²) >= 11 is 1.21. The van der Waals surface area contributed by atoms with Crippen molar-refractivity contribution >= 4 is 35.0 Å². The van der Waals surface area contributed by atoms with Gasteiger partial charge in [0.15, 0.2) is 17.6 Å². The van der Waals surface area contributed by atoms with Crippen LogP contribution < -0.4 is 15.0 Å². The minimum Gasteiger partial charge on any atom is -0.482 e. The highest BCUT2D eigenvalue weighted by Crippen LogP contribution is 2.37. The molecule has 1 aliphatic rings. The van der Waals surface area contributed by atoms with E-state index in [9.17, 15) is 14.0 Å². The highest BCUT2D eigenvalue weighted by Gasteiger charge is 2.32. The summed E-state index contributed by atoms with van der Waals surface area (Å²) in [4.78, 5) is 26.4. The Morgan fingerprint density at radius 3 is 2.87 bits per heavy atom. The number of halogens is 1. The highest BCUT2D eigenvalue weighted by atomic mass is 32.2. The largest absolute Gasteiger partial charge is 0.482 e. The summed E-state index contributed by atoms with van der Waals surface area (Å²) in [7, 11) is 1.79. The normalized spacial score (nSPS) is 14.0. The van der Waals surface area contributed by atoms with Gasteiger partial charge in [0, 0.05) is 12.7 Å². The topological polar surface area (TPSA) is 89.4 Å². The molecule has 2 heterocycles. The van der Waals surface area contributed by atoms with E-state index >= 15 is 0 Å². The van der Waals surface area contributed by atoms with Crippen LogP contribution in [0.2, 0.25) is 0 Å². The maximum absolute atomic E-state index is 13.3. The molecule has 0 aliphatic carbocycles. The Kier molecular flexibility index (Phi) is 5.90. The van der Waals surface area contributed by atoms with Crippen LogP contribution in [-0.4, -0.2) is 38.9 Å². The Bertz CT molecular complexity index is 1140. The van der Waals surface area contributed by atoms with E-state index in [0.29, 0.717) is 28.1 Å². The summed E-state index contributed by atoms with van der Waals surface area (Å²) < 4.78 is 20.5. The quantitative estimate of drug-likeness (QED) is 0.591. The first-order valence-electron chi connectivity index (χ1n) is 9.55. The number of nitrogens with zero attached hydrogens (tertiary/aromatic N) is 4. The molecule has 0 saturated carbocycles. The smallest absolute Gasteiger partial charge is 0.265 e. The number of fused-ring (bicyclic) bond motifs is 1. The third kappa shape index (κ3) is 4.38. The van der Waals surface area contributed by atoms with Crippen molar-refractivity contribution < 1.29 is 18.7 Å². The van der Waals surface area contributed by atoms with Crippen LogP contribution in [0.15, 0.2) is 53.7 Å². The first-order chi connectivity index (χ1) is 14.9. The van der Waals surface area contributed by atoms with Crippen LogP contribution in [0.4, 0.5) is 15.8 Å². The predicted molar refractivity (Wildman–Crippen MR) is 115 cm³/mol. The molecule has 0 saturated heterocycles. The van der Waals surface area contributed by atoms with Crippen molar-refractivity contribution in [2.45, 2.75) is 18.1 Å². The summed E-state index contributed by atoms with van der Waals surface area (Å²) in [6.07, 6.45) is 0. The maximum atomic E-state index is 13.3. The van der Waals surface area contributed by atoms with E-state index in [2.05, 4.69) is 15.5 Å². The van der Waals surface area contributed by atoms with Gasteiger partial charge in [0.1, 0.15) is 11.6 Å². The van der Waals surface area contributed by atoms with Crippen LogP contribution in [0.1, 0.15) is 18.8 Å². The van der Waals surface area contributed by atoms with Crippen molar-refractivity contribution in [3.05, 3.63) is 60.2 Å². The lowest BCUT2D eigenvalue weighted by Gasteiger charge is -2.33. The molecule has 0 radical (unpaired) electrons. The first kappa shape index (κ1) is 20.9. The molecular formula is C21H20FN5O3S. The van der Waals surface area contributed by atoms with Gasteiger partial charge in [-0.15, -0.1) is 10.2 Å². The predicted octanol–water partition coefficient (Wildman–Crippen LogP) is 3.17. The second-order valence-electron chi connectivity index (χ2n) is 6.94. The molecule has 0 fully saturated rings. The molecule has 2 amide bonds. The Morgan fingerprint density at radius 2 is 2.06 bits per heavy atom. The third-order valence-corrected chi connectivity index (χ3v) is 5.84. The summed E-state index contributed by atoms with van der Waals surface area (Å²) in [5.41, 5.74) is 1.07. The standard InChI is InChI=1S/C21H20FN5O3S/c1-13(27-16-8-3-4-9-17(16)30-11-19(27)29)20-24-25-21(26(20)2)31-12-18(28)23-15-7-5-6-14(22)10-15/h3-10,13H,11-12H2,1-2H3,(H,23,28). The number of ether oxygens (including phenoxy) is 1. The fourth-order valence-electron chi connectivity index (χ4n) is 3.37. The molecule has 2 aromatic carbocycles. The molecule has 0 spiro atoms. The van der Waals surface area contributed by atoms with Crippen LogP contribution in [0.5, 0.6) is 5.75 Å². The van der Waals surface area contributed by atoms with E-state index in [0.717, 1.165) is 0 Å². The molecule has 1 aromatic heterocycles. The van der Waals surface area contributed by atoms with Crippen molar-refractivity contribution in [1.82, 2.24) is 14.8 Å². The van der Waals surface area contributed by atoms with Gasteiger partial charge in [-0.05, 0) is 37.3 Å². The summed E-state index contributed by atoms with van der Waals surface area (Å²) in [6, 6.07) is 12.7. The SMILES string of the molecule is CC(c1nnc(SCC(=O)Nc2cccc(F)c2)n1C)N1C(=O)COc2ccccc21. The highest BCUT2D eigenvalue weighted by molar-refractivity contribution is 7.99. The number of hydrogen-bond acceptors (Lipinski definition) is 6. The van der Waals surface area contributed by atoms with Gasteiger partial charge in [-0.1, -0.05) is 30.0 Å². The average Bonchev–Trinajstić information content (AvgIpc) is 3.12. The van der Waals surface area contributed by atoms with Gasteiger partial charge in [0.25, 0.3) is 5.91 Å². The van der Waals surface area contributed by atoms with Crippen molar-refractivity contribution in [3.8, 4) is 5.75 Å². The lowest BCUT2D eigenvalue weighted by atomic mass is 10.1. The van der Waals surface area contributed by atoms with E-state index in [1.807, 2.05) is 31.2 Å². The lowest BCUT2D eigenvalue weighted by molar-refractivity contribution is -0.121. The molecule has 10 heteroatoms. The number of benzene rings is 2. The number of aromatic nitrogens is 3. The first-order valence-corrected chi connectivity index (χ1v) is 10.5. The van der Waals surface area contributed by atoms with Crippen LogP contribution >= 0.6 is 11.8 Å². The van der Waals surface area contributed by atoms with Crippen molar-refractivity contribution in [1.29, 1.82) is 0 Å². The monoisotopic (exact) mass is 441 g/mol. The van der Waals surface area contributed by atoms with Crippen LogP contribution in [0.25, 0.3) is 0 Å². The zero-order chi connectivity index (χ0) is 22.0. The Morgan fingerprint density at radius 1 is 1.26 bits per heavy atom. The number of para-hydroxylation sites is 2. The lowest BCUT2D eigenvalue weighted by Crippen LogP contribution is -2.41. The molecule has 4 rings (SSSR count). The third-order valence-electron chi connectivity index (χ3n) is 4.81. The molecule has 1 aliphatic heterocycles. The van der Waals surface area contributed by atoms with Gasteiger partial charge in [-0.2, -0.15) is 0 Å². The molecule has 1 N–H and O–H groups in total. The molecule has 31 heavy (non-hydrogen) atoms. The number of carbonyl (C=O) groups excluding carboxylic acids is 2. The molecular weight excluding hydrogens is 421 g/mol. The number of amides is 2. The number of thioether (sulfide) groups is 1. The number of carbonyl (C=O) groups is 2. The van der Waals surface area contributed by atoms with Crippen LogP contribution in [0.3, 0.4) is 0 Å². The van der Waals surface area contributed by atoms with Gasteiger partial charge < -0.3 is 14.6 Å². The van der Waals surface area contributed by atoms with Crippen LogP contribution in [-0.2, 0) is 16.6 Å². The fraction of sp³-hybridized carbons (Fsp3) is 0.238. The van der Waals surface area contributed by atoms with E-state index in [4.69, 9.17) is 4.74 Å². The van der Waals surface area contributed by atoms with Crippen molar-refractivity contribution in [2.24, 2.45) is 7.05 Å². The number of nitrogens with one attached hydrogen (secondary N) is 1. The average molecular weight is 441 g/mol. The van der Waals surface area contributed by atoms with Gasteiger partial charge >= 0.3 is 0 Å². The zero-order valence-corrected chi connectivity index (χ0v) is 17.7. The fourth-order valence-corrected chi connectivity index (χ4v) is 4.09. The second-order valence-corrected chi connectivity index (χ2v) is 7.89.